The lowest BCUT2D eigenvalue weighted by molar-refractivity contribution is 0.230. The first-order valence-electron chi connectivity index (χ1n) is 6.84. The van der Waals surface area contributed by atoms with Crippen LogP contribution in [-0.2, 0) is 0 Å². The van der Waals surface area contributed by atoms with Gasteiger partial charge in [-0.1, -0.05) is 36.6 Å². The van der Waals surface area contributed by atoms with Crippen LogP contribution in [0.4, 0.5) is 0 Å². The van der Waals surface area contributed by atoms with Crippen molar-refractivity contribution in [2.24, 2.45) is 5.92 Å². The van der Waals surface area contributed by atoms with Gasteiger partial charge in [0, 0.05) is 6.54 Å². The van der Waals surface area contributed by atoms with Crippen molar-refractivity contribution >= 4 is 0 Å². The molecule has 90 valence electrons. The van der Waals surface area contributed by atoms with E-state index in [2.05, 4.69) is 30.9 Å². The van der Waals surface area contributed by atoms with Gasteiger partial charge in [-0.25, -0.2) is 0 Å². The normalized spacial score (nSPS) is 27.5. The summed E-state index contributed by atoms with van der Waals surface area (Å²) < 4.78 is 0. The maximum absolute atomic E-state index is 2.64. The van der Waals surface area contributed by atoms with Crippen molar-refractivity contribution in [3.05, 3.63) is 23.3 Å². The highest BCUT2D eigenvalue weighted by Crippen LogP contribution is 2.26. The van der Waals surface area contributed by atoms with Crippen molar-refractivity contribution in [3.63, 3.8) is 0 Å². The first-order chi connectivity index (χ1) is 7.75. The van der Waals surface area contributed by atoms with Crippen LogP contribution in [0.1, 0.15) is 46.0 Å². The molecular formula is C15H25N. The average Bonchev–Trinajstić information content (AvgIpc) is 2.32. The van der Waals surface area contributed by atoms with Crippen LogP contribution in [0.2, 0.25) is 0 Å². The van der Waals surface area contributed by atoms with Crippen LogP contribution in [0.15, 0.2) is 23.3 Å². The fraction of sp³-hybridized carbons (Fsp3) is 0.733. The van der Waals surface area contributed by atoms with Crippen LogP contribution < -0.4 is 0 Å². The highest BCUT2D eigenvalue weighted by molar-refractivity contribution is 5.24. The van der Waals surface area contributed by atoms with Crippen LogP contribution >= 0.6 is 0 Å². The summed E-state index contributed by atoms with van der Waals surface area (Å²) in [7, 11) is 0. The largest absolute Gasteiger partial charge is 0.303 e. The van der Waals surface area contributed by atoms with Crippen LogP contribution in [0, 0.1) is 5.92 Å². The third kappa shape index (κ3) is 3.21. The molecule has 0 aromatic carbocycles. The summed E-state index contributed by atoms with van der Waals surface area (Å²) >= 11 is 0. The molecule has 1 saturated heterocycles. The van der Waals surface area contributed by atoms with Gasteiger partial charge in [0.15, 0.2) is 0 Å². The Bertz CT molecular complexity index is 282. The predicted octanol–water partition coefficient (Wildman–Crippen LogP) is 3.77. The molecule has 1 aliphatic heterocycles. The van der Waals surface area contributed by atoms with Gasteiger partial charge in [-0.3, -0.25) is 0 Å². The lowest BCUT2D eigenvalue weighted by Crippen LogP contribution is -2.30. The Labute approximate surface area is 100 Å². The highest BCUT2D eigenvalue weighted by Gasteiger charge is 2.14. The fourth-order valence-electron chi connectivity index (χ4n) is 2.71. The zero-order valence-corrected chi connectivity index (χ0v) is 10.8. The third-order valence-corrected chi connectivity index (χ3v) is 4.13. The third-order valence-electron chi connectivity index (χ3n) is 4.13. The number of nitrogens with zero attached hydrogens (tertiary/aromatic N) is 1. The lowest BCUT2D eigenvalue weighted by atomic mass is 9.88. The van der Waals surface area contributed by atoms with Crippen LogP contribution in [0.5, 0.6) is 0 Å². The minimum absolute atomic E-state index is 0.765. The Hall–Kier alpha value is -0.560. The van der Waals surface area contributed by atoms with Gasteiger partial charge in [0.25, 0.3) is 0 Å². The molecule has 1 nitrogen and oxygen atoms in total. The van der Waals surface area contributed by atoms with E-state index in [1.54, 1.807) is 11.1 Å². The summed E-state index contributed by atoms with van der Waals surface area (Å²) in [5.41, 5.74) is 3.20. The number of allylic oxidation sites excluding steroid dienone is 3. The standard InChI is InChI=1S/C15H25N/c1-13-6-7-15(12-14(13)2)8-11-16-9-4-3-5-10-16/h6-7,14H,3-5,8-12H2,1-2H3. The molecule has 1 unspecified atom stereocenters. The number of piperidine rings is 1. The summed E-state index contributed by atoms with van der Waals surface area (Å²) in [5.74, 6) is 0.765. The maximum Gasteiger partial charge on any atom is 0.00187 e. The molecule has 1 heteroatoms. The predicted molar refractivity (Wildman–Crippen MR) is 70.5 cm³/mol. The van der Waals surface area contributed by atoms with E-state index in [1.165, 1.54) is 51.7 Å². The van der Waals surface area contributed by atoms with E-state index in [0.29, 0.717) is 0 Å². The fourth-order valence-corrected chi connectivity index (χ4v) is 2.71. The molecule has 2 rings (SSSR count). The monoisotopic (exact) mass is 219 g/mol. The van der Waals surface area contributed by atoms with E-state index in [-0.39, 0.29) is 0 Å². The zero-order chi connectivity index (χ0) is 11.4. The maximum atomic E-state index is 2.64. The van der Waals surface area contributed by atoms with Gasteiger partial charge in [-0.05, 0) is 51.6 Å². The minimum atomic E-state index is 0.765. The molecule has 2 aliphatic rings. The Morgan fingerprint density at radius 2 is 1.94 bits per heavy atom. The minimum Gasteiger partial charge on any atom is -0.303 e. The molecular weight excluding hydrogens is 194 g/mol. The van der Waals surface area contributed by atoms with Gasteiger partial charge < -0.3 is 4.90 Å². The van der Waals surface area contributed by atoms with E-state index in [9.17, 15) is 0 Å². The average molecular weight is 219 g/mol. The highest BCUT2D eigenvalue weighted by atomic mass is 15.1. The van der Waals surface area contributed by atoms with Gasteiger partial charge in [0.1, 0.15) is 0 Å². The number of likely N-dealkylation sites (tertiary alicyclic amines) is 1. The van der Waals surface area contributed by atoms with Crippen molar-refractivity contribution in [3.8, 4) is 0 Å². The Morgan fingerprint density at radius 3 is 2.62 bits per heavy atom. The molecule has 0 N–H and O–H groups in total. The lowest BCUT2D eigenvalue weighted by Gasteiger charge is -2.27. The summed E-state index contributed by atoms with van der Waals surface area (Å²) in [4.78, 5) is 2.64. The summed E-state index contributed by atoms with van der Waals surface area (Å²) in [6, 6.07) is 0. The van der Waals surface area contributed by atoms with Gasteiger partial charge in [0.05, 0.1) is 0 Å². The summed E-state index contributed by atoms with van der Waals surface area (Å²) in [6.07, 6.45) is 11.5. The van der Waals surface area contributed by atoms with Crippen molar-refractivity contribution in [2.75, 3.05) is 19.6 Å². The van der Waals surface area contributed by atoms with Gasteiger partial charge in [0.2, 0.25) is 0 Å². The smallest absolute Gasteiger partial charge is 0.00187 e. The van der Waals surface area contributed by atoms with E-state index in [0.717, 1.165) is 5.92 Å². The van der Waals surface area contributed by atoms with E-state index >= 15 is 0 Å². The second-order valence-corrected chi connectivity index (χ2v) is 5.49. The zero-order valence-electron chi connectivity index (χ0n) is 10.8. The molecule has 0 aromatic heterocycles. The second-order valence-electron chi connectivity index (χ2n) is 5.49. The molecule has 1 heterocycles. The Balaban J connectivity index is 1.77. The van der Waals surface area contributed by atoms with Crippen molar-refractivity contribution in [1.82, 2.24) is 4.90 Å². The molecule has 1 aliphatic carbocycles. The van der Waals surface area contributed by atoms with Gasteiger partial charge >= 0.3 is 0 Å². The summed E-state index contributed by atoms with van der Waals surface area (Å²) in [5, 5.41) is 0. The molecule has 1 atom stereocenters. The van der Waals surface area contributed by atoms with Crippen molar-refractivity contribution in [2.45, 2.75) is 46.0 Å². The van der Waals surface area contributed by atoms with Gasteiger partial charge in [-0.2, -0.15) is 0 Å². The first kappa shape index (κ1) is 11.9. The molecule has 0 radical (unpaired) electrons. The second kappa shape index (κ2) is 5.67. The quantitative estimate of drug-likeness (QED) is 0.698. The number of rotatable bonds is 3. The molecule has 0 spiro atoms. The molecule has 0 bridgehead atoms. The molecule has 0 aromatic rings. The molecule has 1 fully saturated rings. The number of hydrogen-bond acceptors (Lipinski definition) is 1. The van der Waals surface area contributed by atoms with E-state index < -0.39 is 0 Å². The molecule has 0 saturated carbocycles. The van der Waals surface area contributed by atoms with Crippen LogP contribution in [0.25, 0.3) is 0 Å². The summed E-state index contributed by atoms with van der Waals surface area (Å²) in [6.45, 7) is 8.54. The van der Waals surface area contributed by atoms with E-state index in [1.807, 2.05) is 0 Å². The van der Waals surface area contributed by atoms with Crippen LogP contribution in [-0.4, -0.2) is 24.5 Å². The van der Waals surface area contributed by atoms with Crippen molar-refractivity contribution < 1.29 is 0 Å². The first-order valence-corrected chi connectivity index (χ1v) is 6.84. The topological polar surface area (TPSA) is 3.24 Å². The van der Waals surface area contributed by atoms with Gasteiger partial charge in [-0.15, -0.1) is 0 Å². The molecule has 0 amide bonds. The molecule has 16 heavy (non-hydrogen) atoms. The SMILES string of the molecule is CC1=CC=C(CCN2CCCCC2)CC1C. The Kier molecular flexibility index (Phi) is 4.22. The Morgan fingerprint density at radius 1 is 1.19 bits per heavy atom. The van der Waals surface area contributed by atoms with E-state index in [4.69, 9.17) is 0 Å². The van der Waals surface area contributed by atoms with Crippen LogP contribution in [0.3, 0.4) is 0 Å². The van der Waals surface area contributed by atoms with Crippen molar-refractivity contribution in [1.29, 1.82) is 0 Å². The number of hydrogen-bond donors (Lipinski definition) is 0.